The van der Waals surface area contributed by atoms with Crippen LogP contribution in [0.2, 0.25) is 0 Å². The van der Waals surface area contributed by atoms with Crippen molar-refractivity contribution in [3.63, 3.8) is 0 Å². The van der Waals surface area contributed by atoms with E-state index in [-0.39, 0.29) is 0 Å². The van der Waals surface area contributed by atoms with Crippen molar-refractivity contribution in [2.24, 2.45) is 11.8 Å². The fourth-order valence-electron chi connectivity index (χ4n) is 2.26. The van der Waals surface area contributed by atoms with Gasteiger partial charge in [-0.2, -0.15) is 0 Å². The van der Waals surface area contributed by atoms with Crippen molar-refractivity contribution in [3.05, 3.63) is 23.8 Å². The van der Waals surface area contributed by atoms with Gasteiger partial charge in [0.2, 0.25) is 0 Å². The van der Waals surface area contributed by atoms with Gasteiger partial charge in [-0.3, -0.25) is 4.79 Å². The maximum absolute atomic E-state index is 11.7. The maximum atomic E-state index is 11.7. The Morgan fingerprint density at radius 1 is 1.56 bits per heavy atom. The zero-order valence-electron chi connectivity index (χ0n) is 10.9. The van der Waals surface area contributed by atoms with Gasteiger partial charge in [0.15, 0.2) is 0 Å². The zero-order valence-corrected chi connectivity index (χ0v) is 10.9. The molecule has 0 aromatic rings. The van der Waals surface area contributed by atoms with E-state index in [4.69, 9.17) is 0 Å². The highest BCUT2D eigenvalue weighted by atomic mass is 16.1. The van der Waals surface area contributed by atoms with E-state index in [0.717, 1.165) is 12.0 Å². The summed E-state index contributed by atoms with van der Waals surface area (Å²) < 4.78 is 0. The molecule has 1 nitrogen and oxygen atoms in total. The fourth-order valence-corrected chi connectivity index (χ4v) is 2.26. The van der Waals surface area contributed by atoms with E-state index in [1.54, 1.807) is 0 Å². The molecular formula is C15H24O. The summed E-state index contributed by atoms with van der Waals surface area (Å²) >= 11 is 0. The number of ketones is 1. The lowest BCUT2D eigenvalue weighted by Gasteiger charge is -2.22. The van der Waals surface area contributed by atoms with Crippen molar-refractivity contribution in [3.8, 4) is 0 Å². The lowest BCUT2D eigenvalue weighted by molar-refractivity contribution is -0.119. The van der Waals surface area contributed by atoms with E-state index in [9.17, 15) is 4.79 Å². The molecule has 0 aromatic carbocycles. The van der Waals surface area contributed by atoms with Gasteiger partial charge in [-0.25, -0.2) is 0 Å². The molecule has 0 N–H and O–H groups in total. The van der Waals surface area contributed by atoms with Gasteiger partial charge in [-0.05, 0) is 38.0 Å². The monoisotopic (exact) mass is 220 g/mol. The minimum atomic E-state index is 0.353. The molecule has 1 aliphatic rings. The molecule has 1 rings (SSSR count). The highest BCUT2D eigenvalue weighted by Gasteiger charge is 2.17. The minimum absolute atomic E-state index is 0.353. The third kappa shape index (κ3) is 4.34. The molecule has 0 amide bonds. The molecule has 0 radical (unpaired) electrons. The van der Waals surface area contributed by atoms with Crippen molar-refractivity contribution >= 4 is 5.78 Å². The second kappa shape index (κ2) is 6.03. The van der Waals surface area contributed by atoms with Crippen LogP contribution in [-0.4, -0.2) is 5.78 Å². The first-order valence-electron chi connectivity index (χ1n) is 6.34. The molecule has 1 heteroatoms. The lowest BCUT2D eigenvalue weighted by atomic mass is 9.83. The van der Waals surface area contributed by atoms with Crippen molar-refractivity contribution < 1.29 is 4.79 Å². The first kappa shape index (κ1) is 13.2. The van der Waals surface area contributed by atoms with Gasteiger partial charge in [0.25, 0.3) is 0 Å². The number of hydrogen-bond donors (Lipinski definition) is 0. The number of rotatable bonds is 5. The molecule has 0 saturated heterocycles. The molecule has 0 heterocycles. The number of Topliss-reactive ketones (excluding diaryl/α,β-unsaturated/α-hetero) is 1. The summed E-state index contributed by atoms with van der Waals surface area (Å²) in [6, 6.07) is 0. The highest BCUT2D eigenvalue weighted by Crippen LogP contribution is 2.30. The molecule has 1 aliphatic carbocycles. The van der Waals surface area contributed by atoms with Gasteiger partial charge in [0.05, 0.1) is 0 Å². The molecule has 0 spiro atoms. The Kier molecular flexibility index (Phi) is 4.98. The quantitative estimate of drug-likeness (QED) is 0.631. The van der Waals surface area contributed by atoms with E-state index in [2.05, 4.69) is 33.4 Å². The van der Waals surface area contributed by atoms with Crippen LogP contribution in [-0.2, 0) is 4.79 Å². The molecule has 0 unspecified atom stereocenters. The number of hydrogen-bond acceptors (Lipinski definition) is 1. The summed E-state index contributed by atoms with van der Waals surface area (Å²) in [5.74, 6) is 1.36. The summed E-state index contributed by atoms with van der Waals surface area (Å²) in [4.78, 5) is 11.7. The maximum Gasteiger partial charge on any atom is 0.137 e. The summed E-state index contributed by atoms with van der Waals surface area (Å²) in [6.07, 6.45) is 7.01. The topological polar surface area (TPSA) is 17.1 Å². The van der Waals surface area contributed by atoms with Crippen LogP contribution >= 0.6 is 0 Å². The van der Waals surface area contributed by atoms with Gasteiger partial charge in [0.1, 0.15) is 5.78 Å². The fraction of sp³-hybridized carbons (Fsp3) is 0.667. The number of allylic oxidation sites excluding steroid dienone is 3. The van der Waals surface area contributed by atoms with Crippen LogP contribution in [0.5, 0.6) is 0 Å². The predicted molar refractivity (Wildman–Crippen MR) is 69.3 cm³/mol. The normalized spacial score (nSPS) is 20.8. The number of carbonyl (C=O) groups excluding carboxylic acids is 1. The molecule has 16 heavy (non-hydrogen) atoms. The van der Waals surface area contributed by atoms with E-state index < -0.39 is 0 Å². The molecule has 0 bridgehead atoms. The molecule has 0 fully saturated rings. The molecule has 0 saturated carbocycles. The summed E-state index contributed by atoms with van der Waals surface area (Å²) in [6.45, 7) is 10.5. The molecule has 90 valence electrons. The predicted octanol–water partition coefficient (Wildman–Crippen LogP) is 4.29. The van der Waals surface area contributed by atoms with Gasteiger partial charge in [-0.1, -0.05) is 37.6 Å². The molecule has 0 aromatic heterocycles. The van der Waals surface area contributed by atoms with Crippen molar-refractivity contribution in [1.82, 2.24) is 0 Å². The average Bonchev–Trinajstić information content (AvgIpc) is 2.16. The van der Waals surface area contributed by atoms with Crippen LogP contribution in [0.4, 0.5) is 0 Å². The van der Waals surface area contributed by atoms with Crippen LogP contribution in [0.3, 0.4) is 0 Å². The SMILES string of the molecule is C=C(CC(=O)CC(C)C)[C@H]1CC=C(C)CC1. The van der Waals surface area contributed by atoms with Crippen LogP contribution in [0, 0.1) is 11.8 Å². The Bertz CT molecular complexity index is 297. The van der Waals surface area contributed by atoms with Gasteiger partial charge < -0.3 is 0 Å². The smallest absolute Gasteiger partial charge is 0.137 e. The van der Waals surface area contributed by atoms with Gasteiger partial charge in [0, 0.05) is 12.8 Å². The van der Waals surface area contributed by atoms with Crippen LogP contribution in [0.15, 0.2) is 23.8 Å². The van der Waals surface area contributed by atoms with Crippen LogP contribution in [0.25, 0.3) is 0 Å². The Labute approximate surface area is 99.6 Å². The zero-order chi connectivity index (χ0) is 12.1. The third-order valence-electron chi connectivity index (χ3n) is 3.28. The molecule has 0 aliphatic heterocycles. The highest BCUT2D eigenvalue weighted by molar-refractivity contribution is 5.80. The largest absolute Gasteiger partial charge is 0.299 e. The Hall–Kier alpha value is -0.850. The standard InChI is InChI=1S/C15H24O/c1-11(2)9-15(16)10-13(4)14-7-5-12(3)6-8-14/h5,11,14H,4,6-10H2,1-3H3/t14-/m0/s1. The second-order valence-electron chi connectivity index (χ2n) is 5.49. The molecular weight excluding hydrogens is 196 g/mol. The van der Waals surface area contributed by atoms with Gasteiger partial charge in [-0.15, -0.1) is 0 Å². The van der Waals surface area contributed by atoms with E-state index in [1.807, 2.05) is 0 Å². The minimum Gasteiger partial charge on any atom is -0.299 e. The van der Waals surface area contributed by atoms with Crippen molar-refractivity contribution in [2.75, 3.05) is 0 Å². The number of carbonyl (C=O) groups is 1. The van der Waals surface area contributed by atoms with Crippen molar-refractivity contribution in [1.29, 1.82) is 0 Å². The second-order valence-corrected chi connectivity index (χ2v) is 5.49. The third-order valence-corrected chi connectivity index (χ3v) is 3.28. The summed E-state index contributed by atoms with van der Waals surface area (Å²) in [5, 5.41) is 0. The average molecular weight is 220 g/mol. The first-order valence-corrected chi connectivity index (χ1v) is 6.34. The molecule has 1 atom stereocenters. The Balaban J connectivity index is 2.38. The van der Waals surface area contributed by atoms with E-state index in [0.29, 0.717) is 30.5 Å². The summed E-state index contributed by atoms with van der Waals surface area (Å²) in [5.41, 5.74) is 2.63. The van der Waals surface area contributed by atoms with E-state index in [1.165, 1.54) is 18.4 Å². The Morgan fingerprint density at radius 2 is 2.25 bits per heavy atom. The first-order chi connectivity index (χ1) is 7.49. The van der Waals surface area contributed by atoms with E-state index >= 15 is 0 Å². The Morgan fingerprint density at radius 3 is 2.75 bits per heavy atom. The van der Waals surface area contributed by atoms with Gasteiger partial charge >= 0.3 is 0 Å². The lowest BCUT2D eigenvalue weighted by Crippen LogP contribution is -2.12. The van der Waals surface area contributed by atoms with Crippen LogP contribution in [0.1, 0.15) is 52.9 Å². The van der Waals surface area contributed by atoms with Crippen molar-refractivity contribution in [2.45, 2.75) is 52.9 Å². The summed E-state index contributed by atoms with van der Waals surface area (Å²) in [7, 11) is 0. The van der Waals surface area contributed by atoms with Crippen LogP contribution < -0.4 is 0 Å².